The number of allylic oxidation sites excluding steroid dienone is 1. The van der Waals surface area contributed by atoms with Crippen LogP contribution in [0.2, 0.25) is 20.1 Å². The lowest BCUT2D eigenvalue weighted by molar-refractivity contribution is 0.305. The van der Waals surface area contributed by atoms with Crippen LogP contribution < -0.4 is 4.74 Å². The highest BCUT2D eigenvalue weighted by atomic mass is 35.5. The number of ether oxygens (including phenoxy) is 1. The molecule has 3 aromatic carbocycles. The van der Waals surface area contributed by atoms with Crippen LogP contribution in [0, 0.1) is 11.3 Å². The number of halogens is 4. The SMILES string of the molecule is N#C/C(=C\c1cc(Cl)ccc1OCc1cccc(Cl)c1)c1ccc(Cl)cc1Cl. The summed E-state index contributed by atoms with van der Waals surface area (Å²) in [6.07, 6.45) is 1.69. The van der Waals surface area contributed by atoms with Gasteiger partial charge in [-0.25, -0.2) is 0 Å². The molecule has 3 aromatic rings. The van der Waals surface area contributed by atoms with Gasteiger partial charge in [-0.3, -0.25) is 0 Å². The van der Waals surface area contributed by atoms with Gasteiger partial charge in [-0.2, -0.15) is 5.26 Å². The second-order valence-corrected chi connectivity index (χ2v) is 7.61. The quantitative estimate of drug-likeness (QED) is 0.293. The van der Waals surface area contributed by atoms with Crippen molar-refractivity contribution in [3.63, 3.8) is 0 Å². The Morgan fingerprint density at radius 2 is 1.61 bits per heavy atom. The largest absolute Gasteiger partial charge is 0.488 e. The number of hydrogen-bond acceptors (Lipinski definition) is 2. The van der Waals surface area contributed by atoms with E-state index in [2.05, 4.69) is 6.07 Å². The molecule has 0 aromatic heterocycles. The van der Waals surface area contributed by atoms with E-state index in [-0.39, 0.29) is 0 Å². The van der Waals surface area contributed by atoms with Crippen LogP contribution in [0.1, 0.15) is 16.7 Å². The number of nitriles is 1. The number of nitrogens with zero attached hydrogens (tertiary/aromatic N) is 1. The van der Waals surface area contributed by atoms with Gasteiger partial charge in [0, 0.05) is 26.2 Å². The zero-order valence-corrected chi connectivity index (χ0v) is 17.4. The molecule has 0 unspecified atom stereocenters. The summed E-state index contributed by atoms with van der Waals surface area (Å²) in [6, 6.07) is 19.8. The van der Waals surface area contributed by atoms with E-state index in [1.165, 1.54) is 0 Å². The van der Waals surface area contributed by atoms with E-state index in [1.54, 1.807) is 48.5 Å². The third-order valence-electron chi connectivity index (χ3n) is 3.90. The molecule has 28 heavy (non-hydrogen) atoms. The van der Waals surface area contributed by atoms with Crippen LogP contribution in [0.5, 0.6) is 5.75 Å². The topological polar surface area (TPSA) is 33.0 Å². The fourth-order valence-corrected chi connectivity index (χ4v) is 3.49. The molecule has 0 atom stereocenters. The van der Waals surface area contributed by atoms with E-state index in [9.17, 15) is 5.26 Å². The lowest BCUT2D eigenvalue weighted by Gasteiger charge is -2.11. The Labute approximate surface area is 183 Å². The molecular weight excluding hydrogens is 436 g/mol. The average Bonchev–Trinajstić information content (AvgIpc) is 2.66. The van der Waals surface area contributed by atoms with Gasteiger partial charge in [0.2, 0.25) is 0 Å². The molecule has 0 spiro atoms. The third-order valence-corrected chi connectivity index (χ3v) is 4.91. The van der Waals surface area contributed by atoms with Crippen LogP contribution in [0.15, 0.2) is 60.7 Å². The summed E-state index contributed by atoms with van der Waals surface area (Å²) in [4.78, 5) is 0. The molecule has 0 bridgehead atoms. The van der Waals surface area contributed by atoms with Crippen molar-refractivity contribution in [2.24, 2.45) is 0 Å². The minimum atomic E-state index is 0.326. The zero-order chi connectivity index (χ0) is 20.1. The van der Waals surface area contributed by atoms with Gasteiger partial charge in [0.25, 0.3) is 0 Å². The number of rotatable bonds is 5. The first-order valence-electron chi connectivity index (χ1n) is 8.20. The monoisotopic (exact) mass is 447 g/mol. The van der Waals surface area contributed by atoms with Gasteiger partial charge in [0.05, 0.1) is 16.7 Å². The first-order chi connectivity index (χ1) is 13.5. The Balaban J connectivity index is 1.95. The van der Waals surface area contributed by atoms with Crippen molar-refractivity contribution < 1.29 is 4.74 Å². The maximum absolute atomic E-state index is 9.63. The maximum atomic E-state index is 9.63. The summed E-state index contributed by atoms with van der Waals surface area (Å²) in [5.74, 6) is 0.585. The Kier molecular flexibility index (Phi) is 6.88. The van der Waals surface area contributed by atoms with Gasteiger partial charge in [-0.15, -0.1) is 0 Å². The van der Waals surface area contributed by atoms with E-state index in [0.29, 0.717) is 49.1 Å². The summed E-state index contributed by atoms with van der Waals surface area (Å²) in [6.45, 7) is 0.326. The summed E-state index contributed by atoms with van der Waals surface area (Å²) >= 11 is 24.4. The van der Waals surface area contributed by atoms with Crippen LogP contribution in [0.3, 0.4) is 0 Å². The van der Waals surface area contributed by atoms with Crippen molar-refractivity contribution in [3.8, 4) is 11.8 Å². The van der Waals surface area contributed by atoms with Crippen molar-refractivity contribution in [1.29, 1.82) is 5.26 Å². The first kappa shape index (κ1) is 20.6. The van der Waals surface area contributed by atoms with E-state index >= 15 is 0 Å². The van der Waals surface area contributed by atoms with E-state index in [0.717, 1.165) is 5.56 Å². The predicted molar refractivity (Wildman–Crippen MR) is 117 cm³/mol. The second-order valence-electron chi connectivity index (χ2n) is 5.89. The standard InChI is InChI=1S/C22H13Cl4NO/c23-17-3-1-2-14(8-17)13-28-22-7-5-18(24)10-15(22)9-16(12-27)20-6-4-19(25)11-21(20)26/h1-11H,13H2/b16-9+. The smallest absolute Gasteiger partial charge is 0.127 e. The molecule has 0 fully saturated rings. The van der Waals surface area contributed by atoms with Gasteiger partial charge in [0.15, 0.2) is 0 Å². The Bertz CT molecular complexity index is 1090. The van der Waals surface area contributed by atoms with Crippen molar-refractivity contribution in [2.45, 2.75) is 6.61 Å². The van der Waals surface area contributed by atoms with Crippen LogP contribution in [0.25, 0.3) is 11.6 Å². The highest BCUT2D eigenvalue weighted by molar-refractivity contribution is 6.36. The van der Waals surface area contributed by atoms with Gasteiger partial charge in [-0.05, 0) is 54.1 Å². The van der Waals surface area contributed by atoms with Gasteiger partial charge in [0.1, 0.15) is 12.4 Å². The van der Waals surface area contributed by atoms with Crippen molar-refractivity contribution in [2.75, 3.05) is 0 Å². The first-order valence-corrected chi connectivity index (χ1v) is 9.71. The fraction of sp³-hybridized carbons (Fsp3) is 0.0455. The van der Waals surface area contributed by atoms with Crippen LogP contribution >= 0.6 is 46.4 Å². The van der Waals surface area contributed by atoms with E-state index in [4.69, 9.17) is 51.1 Å². The summed E-state index contributed by atoms with van der Waals surface area (Å²) in [5, 5.41) is 11.7. The van der Waals surface area contributed by atoms with Crippen LogP contribution in [-0.2, 0) is 6.61 Å². The minimum absolute atomic E-state index is 0.326. The van der Waals surface area contributed by atoms with Crippen LogP contribution in [0.4, 0.5) is 0 Å². The number of hydrogen-bond donors (Lipinski definition) is 0. The normalized spacial score (nSPS) is 11.2. The van der Waals surface area contributed by atoms with Crippen LogP contribution in [-0.4, -0.2) is 0 Å². The minimum Gasteiger partial charge on any atom is -0.488 e. The lowest BCUT2D eigenvalue weighted by Crippen LogP contribution is -1.97. The van der Waals surface area contributed by atoms with Gasteiger partial charge in [-0.1, -0.05) is 64.6 Å². The Morgan fingerprint density at radius 3 is 2.32 bits per heavy atom. The third kappa shape index (κ3) is 5.22. The molecule has 0 saturated heterocycles. The summed E-state index contributed by atoms with van der Waals surface area (Å²) in [5.41, 5.74) is 2.54. The van der Waals surface area contributed by atoms with E-state index < -0.39 is 0 Å². The fourth-order valence-electron chi connectivity index (χ4n) is 2.59. The molecule has 2 nitrogen and oxygen atoms in total. The highest BCUT2D eigenvalue weighted by Gasteiger charge is 2.10. The summed E-state index contributed by atoms with van der Waals surface area (Å²) in [7, 11) is 0. The van der Waals surface area contributed by atoms with Crippen molar-refractivity contribution in [3.05, 3.63) is 97.4 Å². The second kappa shape index (κ2) is 9.37. The molecule has 3 rings (SSSR count). The average molecular weight is 449 g/mol. The van der Waals surface area contributed by atoms with E-state index in [1.807, 2.05) is 18.2 Å². The molecule has 0 saturated carbocycles. The zero-order valence-electron chi connectivity index (χ0n) is 14.4. The maximum Gasteiger partial charge on any atom is 0.127 e. The molecule has 140 valence electrons. The van der Waals surface area contributed by atoms with Gasteiger partial charge < -0.3 is 4.74 Å². The summed E-state index contributed by atoms with van der Waals surface area (Å²) < 4.78 is 5.94. The molecule has 0 radical (unpaired) electrons. The highest BCUT2D eigenvalue weighted by Crippen LogP contribution is 2.32. The van der Waals surface area contributed by atoms with Crippen molar-refractivity contribution in [1.82, 2.24) is 0 Å². The van der Waals surface area contributed by atoms with Crippen molar-refractivity contribution >= 4 is 58.1 Å². The lowest BCUT2D eigenvalue weighted by atomic mass is 10.0. The predicted octanol–water partition coefficient (Wildman–Crippen LogP) is 7.94. The molecular formula is C22H13Cl4NO. The molecule has 0 amide bonds. The molecule has 6 heteroatoms. The number of benzene rings is 3. The molecule has 0 aliphatic carbocycles. The molecule has 0 aliphatic heterocycles. The Hall–Kier alpha value is -2.15. The molecule has 0 N–H and O–H groups in total. The molecule has 0 heterocycles. The van der Waals surface area contributed by atoms with Gasteiger partial charge >= 0.3 is 0 Å². The molecule has 0 aliphatic rings. The Morgan fingerprint density at radius 1 is 0.893 bits per heavy atom.